The van der Waals surface area contributed by atoms with Crippen molar-refractivity contribution in [3.05, 3.63) is 17.5 Å². The zero-order valence-corrected chi connectivity index (χ0v) is 9.73. The molecule has 1 aromatic rings. The summed E-state index contributed by atoms with van der Waals surface area (Å²) in [5.74, 6) is 0. The van der Waals surface area contributed by atoms with Crippen LogP contribution in [0.3, 0.4) is 0 Å². The molecule has 1 atom stereocenters. The van der Waals surface area contributed by atoms with E-state index in [-0.39, 0.29) is 12.3 Å². The zero-order chi connectivity index (χ0) is 11.4. The van der Waals surface area contributed by atoms with Crippen LogP contribution in [0.1, 0.15) is 11.4 Å². The first-order valence-electron chi connectivity index (χ1n) is 4.89. The van der Waals surface area contributed by atoms with Crippen LogP contribution in [0.15, 0.2) is 6.07 Å². The quantitative estimate of drug-likeness (QED) is 0.711. The molecule has 0 aliphatic carbocycles. The van der Waals surface area contributed by atoms with E-state index in [1.165, 1.54) is 0 Å². The van der Waals surface area contributed by atoms with Crippen LogP contribution in [-0.4, -0.2) is 36.3 Å². The van der Waals surface area contributed by atoms with E-state index in [1.807, 2.05) is 24.7 Å². The lowest BCUT2D eigenvalue weighted by Gasteiger charge is -2.20. The van der Waals surface area contributed by atoms with Gasteiger partial charge in [-0.3, -0.25) is 4.68 Å². The largest absolute Gasteiger partial charge is 0.354 e. The summed E-state index contributed by atoms with van der Waals surface area (Å²) in [5, 5.41) is 4.25. The topological polar surface area (TPSA) is 62.3 Å². The highest BCUT2D eigenvalue weighted by atomic mass is 16.7. The van der Waals surface area contributed by atoms with Crippen LogP contribution in [-0.2, 0) is 22.9 Å². The van der Waals surface area contributed by atoms with Crippen molar-refractivity contribution in [3.63, 3.8) is 0 Å². The molecule has 0 spiro atoms. The summed E-state index contributed by atoms with van der Waals surface area (Å²) in [4.78, 5) is 0. The summed E-state index contributed by atoms with van der Waals surface area (Å²) in [6, 6.07) is 1.83. The predicted molar refractivity (Wildman–Crippen MR) is 57.4 cm³/mol. The number of aromatic nitrogens is 2. The van der Waals surface area contributed by atoms with Gasteiger partial charge in [-0.05, 0) is 13.0 Å². The fourth-order valence-corrected chi connectivity index (χ4v) is 1.64. The number of methoxy groups -OCH3 is 2. The Hall–Kier alpha value is -0.910. The van der Waals surface area contributed by atoms with E-state index >= 15 is 0 Å². The first-order chi connectivity index (χ1) is 7.08. The fourth-order valence-electron chi connectivity index (χ4n) is 1.64. The second-order valence-electron chi connectivity index (χ2n) is 3.61. The maximum atomic E-state index is 5.96. The molecule has 5 heteroatoms. The standard InChI is InChI=1S/C10H19N3O2/c1-7-5-8(13(2)12-7)6-9(11)10(14-3)15-4/h5,9-10H,6,11H2,1-4H3. The number of ether oxygens (including phenoxy) is 2. The van der Waals surface area contributed by atoms with Gasteiger partial charge < -0.3 is 15.2 Å². The molecular weight excluding hydrogens is 194 g/mol. The van der Waals surface area contributed by atoms with E-state index in [2.05, 4.69) is 5.10 Å². The van der Waals surface area contributed by atoms with Crippen LogP contribution in [0.25, 0.3) is 0 Å². The molecule has 0 bridgehead atoms. The van der Waals surface area contributed by atoms with Crippen LogP contribution in [0.2, 0.25) is 0 Å². The minimum atomic E-state index is -0.375. The molecule has 5 nitrogen and oxygen atoms in total. The molecule has 1 aromatic heterocycles. The first-order valence-corrected chi connectivity index (χ1v) is 4.89. The predicted octanol–water partition coefficient (Wildman–Crippen LogP) is 0.217. The van der Waals surface area contributed by atoms with Gasteiger partial charge in [0.05, 0.1) is 11.7 Å². The van der Waals surface area contributed by atoms with Gasteiger partial charge in [-0.15, -0.1) is 0 Å². The van der Waals surface area contributed by atoms with E-state index in [0.29, 0.717) is 6.42 Å². The molecule has 0 radical (unpaired) electrons. The Balaban J connectivity index is 2.64. The summed E-state index contributed by atoms with van der Waals surface area (Å²) in [6.07, 6.45) is 0.309. The minimum Gasteiger partial charge on any atom is -0.354 e. The summed E-state index contributed by atoms with van der Waals surface area (Å²) >= 11 is 0. The van der Waals surface area contributed by atoms with Crippen molar-refractivity contribution in [1.29, 1.82) is 0 Å². The Morgan fingerprint density at radius 3 is 2.47 bits per heavy atom. The van der Waals surface area contributed by atoms with E-state index in [9.17, 15) is 0 Å². The maximum Gasteiger partial charge on any atom is 0.172 e. The third-order valence-electron chi connectivity index (χ3n) is 2.36. The van der Waals surface area contributed by atoms with E-state index in [4.69, 9.17) is 15.2 Å². The van der Waals surface area contributed by atoms with Gasteiger partial charge >= 0.3 is 0 Å². The molecule has 1 unspecified atom stereocenters. The van der Waals surface area contributed by atoms with Gasteiger partial charge in [0.25, 0.3) is 0 Å². The van der Waals surface area contributed by atoms with Crippen molar-refractivity contribution in [2.45, 2.75) is 25.7 Å². The molecule has 1 heterocycles. The molecule has 0 aromatic carbocycles. The Kier molecular flexibility index (Phi) is 4.26. The van der Waals surface area contributed by atoms with Crippen LogP contribution in [0.5, 0.6) is 0 Å². The lowest BCUT2D eigenvalue weighted by Crippen LogP contribution is -2.39. The molecule has 0 fully saturated rings. The smallest absolute Gasteiger partial charge is 0.172 e. The van der Waals surface area contributed by atoms with Gasteiger partial charge in [0.2, 0.25) is 0 Å². The Labute approximate surface area is 90.2 Å². The molecule has 2 N–H and O–H groups in total. The van der Waals surface area contributed by atoms with Crippen molar-refractivity contribution in [2.24, 2.45) is 12.8 Å². The van der Waals surface area contributed by atoms with Crippen molar-refractivity contribution in [2.75, 3.05) is 14.2 Å². The number of hydrogen-bond donors (Lipinski definition) is 1. The highest BCUT2D eigenvalue weighted by molar-refractivity contribution is 5.10. The highest BCUT2D eigenvalue weighted by Crippen LogP contribution is 2.08. The SMILES string of the molecule is COC(OC)C(N)Cc1cc(C)nn1C. The molecule has 1 rings (SSSR count). The van der Waals surface area contributed by atoms with Crippen LogP contribution in [0.4, 0.5) is 0 Å². The van der Waals surface area contributed by atoms with Gasteiger partial charge in [-0.25, -0.2) is 0 Å². The second-order valence-corrected chi connectivity index (χ2v) is 3.61. The number of nitrogens with two attached hydrogens (primary N) is 1. The van der Waals surface area contributed by atoms with E-state index in [0.717, 1.165) is 11.4 Å². The number of rotatable bonds is 5. The Morgan fingerprint density at radius 2 is 2.07 bits per heavy atom. The normalized spacial score (nSPS) is 13.5. The van der Waals surface area contributed by atoms with Crippen LogP contribution < -0.4 is 5.73 Å². The lowest BCUT2D eigenvalue weighted by atomic mass is 10.1. The van der Waals surface area contributed by atoms with Gasteiger partial charge in [0.15, 0.2) is 6.29 Å². The average molecular weight is 213 g/mol. The zero-order valence-electron chi connectivity index (χ0n) is 9.73. The summed E-state index contributed by atoms with van der Waals surface area (Å²) in [6.45, 7) is 1.96. The molecule has 0 aliphatic heterocycles. The fraction of sp³-hybridized carbons (Fsp3) is 0.700. The van der Waals surface area contributed by atoms with Crippen LogP contribution >= 0.6 is 0 Å². The van der Waals surface area contributed by atoms with Gasteiger partial charge in [0, 0.05) is 33.4 Å². The number of aryl methyl sites for hydroxylation is 2. The first kappa shape index (κ1) is 12.2. The third-order valence-corrected chi connectivity index (χ3v) is 2.36. The minimum absolute atomic E-state index is 0.185. The van der Waals surface area contributed by atoms with Gasteiger partial charge in [-0.2, -0.15) is 5.10 Å². The molecule has 0 saturated carbocycles. The summed E-state index contributed by atoms with van der Waals surface area (Å²) in [7, 11) is 5.08. The van der Waals surface area contributed by atoms with Crippen LogP contribution in [0, 0.1) is 6.92 Å². The molecule has 86 valence electrons. The average Bonchev–Trinajstić information content (AvgIpc) is 2.47. The molecule has 0 amide bonds. The maximum absolute atomic E-state index is 5.96. The monoisotopic (exact) mass is 213 g/mol. The summed E-state index contributed by atoms with van der Waals surface area (Å²) < 4.78 is 12.0. The third kappa shape index (κ3) is 3.02. The van der Waals surface area contributed by atoms with E-state index in [1.54, 1.807) is 14.2 Å². The van der Waals surface area contributed by atoms with E-state index < -0.39 is 0 Å². The van der Waals surface area contributed by atoms with Crippen molar-refractivity contribution in [3.8, 4) is 0 Å². The highest BCUT2D eigenvalue weighted by Gasteiger charge is 2.18. The Morgan fingerprint density at radius 1 is 1.47 bits per heavy atom. The molecular formula is C10H19N3O2. The number of nitrogens with zero attached hydrogens (tertiary/aromatic N) is 2. The van der Waals surface area contributed by atoms with Gasteiger partial charge in [0.1, 0.15) is 0 Å². The number of hydrogen-bond acceptors (Lipinski definition) is 4. The van der Waals surface area contributed by atoms with Crippen molar-refractivity contribution in [1.82, 2.24) is 9.78 Å². The van der Waals surface area contributed by atoms with Crippen molar-refractivity contribution >= 4 is 0 Å². The second kappa shape index (κ2) is 5.25. The van der Waals surface area contributed by atoms with Gasteiger partial charge in [-0.1, -0.05) is 0 Å². The molecule has 15 heavy (non-hydrogen) atoms. The Bertz CT molecular complexity index is 308. The lowest BCUT2D eigenvalue weighted by molar-refractivity contribution is -0.116. The molecule has 0 saturated heterocycles. The molecule has 0 aliphatic rings. The summed E-state index contributed by atoms with van der Waals surface area (Å²) in [5.41, 5.74) is 8.03. The van der Waals surface area contributed by atoms with Crippen molar-refractivity contribution < 1.29 is 9.47 Å².